The largest absolute Gasteiger partial charge is 0.273 e. The average molecular weight is 456 g/mol. The van der Waals surface area contributed by atoms with Crippen LogP contribution in [0.15, 0.2) is 48.5 Å². The lowest BCUT2D eigenvalue weighted by molar-refractivity contribution is -0.384. The molecule has 3 atom stereocenters. The van der Waals surface area contributed by atoms with Crippen LogP contribution in [0, 0.1) is 27.9 Å². The fraction of sp³-hybridized carbons (Fsp3) is 0.348. The quantitative estimate of drug-likeness (QED) is 0.381. The number of hydrogen-bond acceptors (Lipinski definition) is 5. The summed E-state index contributed by atoms with van der Waals surface area (Å²) >= 11 is 5.96. The van der Waals surface area contributed by atoms with Crippen LogP contribution < -0.4 is 0 Å². The lowest BCUT2D eigenvalue weighted by atomic mass is 9.76. The molecule has 2 fully saturated rings. The number of fused-ring (bicyclic) bond motifs is 1. The van der Waals surface area contributed by atoms with Crippen molar-refractivity contribution in [1.29, 1.82) is 0 Å². The van der Waals surface area contributed by atoms with Gasteiger partial charge in [0.25, 0.3) is 23.4 Å². The van der Waals surface area contributed by atoms with E-state index in [-0.39, 0.29) is 29.6 Å². The summed E-state index contributed by atoms with van der Waals surface area (Å²) in [6.45, 7) is 2.05. The number of carbonyl (C=O) groups is 3. The number of rotatable bonds is 5. The number of nitro benzene ring substituents is 1. The normalized spacial score (nSPS) is 22.6. The molecule has 1 saturated heterocycles. The minimum absolute atomic E-state index is 0.0144. The van der Waals surface area contributed by atoms with Gasteiger partial charge in [0.2, 0.25) is 0 Å². The van der Waals surface area contributed by atoms with E-state index in [1.54, 1.807) is 24.3 Å². The molecule has 1 saturated carbocycles. The first-order valence-electron chi connectivity index (χ1n) is 10.4. The molecule has 166 valence electrons. The lowest BCUT2D eigenvalue weighted by Crippen LogP contribution is -2.49. The Morgan fingerprint density at radius 2 is 1.69 bits per heavy atom. The van der Waals surface area contributed by atoms with Crippen LogP contribution in [0.5, 0.6) is 0 Å². The van der Waals surface area contributed by atoms with Gasteiger partial charge in [-0.3, -0.25) is 24.5 Å². The maximum absolute atomic E-state index is 13.4. The van der Waals surface area contributed by atoms with E-state index in [0.717, 1.165) is 16.4 Å². The Morgan fingerprint density at radius 1 is 1.06 bits per heavy atom. The van der Waals surface area contributed by atoms with Gasteiger partial charge < -0.3 is 0 Å². The van der Waals surface area contributed by atoms with Gasteiger partial charge in [-0.1, -0.05) is 30.7 Å². The molecule has 0 bridgehead atoms. The Morgan fingerprint density at radius 3 is 2.31 bits per heavy atom. The minimum Gasteiger partial charge on any atom is -0.272 e. The summed E-state index contributed by atoms with van der Waals surface area (Å²) < 4.78 is 0. The molecule has 1 heterocycles. The molecule has 8 nitrogen and oxygen atoms in total. The molecular formula is C23H22ClN3O5. The van der Waals surface area contributed by atoms with E-state index in [4.69, 9.17) is 11.6 Å². The van der Waals surface area contributed by atoms with Gasteiger partial charge in [-0.25, -0.2) is 5.01 Å². The Kier molecular flexibility index (Phi) is 5.97. The number of halogens is 1. The zero-order valence-corrected chi connectivity index (χ0v) is 18.2. The number of nitrogens with zero attached hydrogens (tertiary/aromatic N) is 3. The van der Waals surface area contributed by atoms with Crippen LogP contribution in [0.25, 0.3) is 0 Å². The molecule has 0 N–H and O–H groups in total. The number of nitro groups is 1. The zero-order chi connectivity index (χ0) is 23.0. The third-order valence-electron chi connectivity index (χ3n) is 6.21. The molecule has 32 heavy (non-hydrogen) atoms. The van der Waals surface area contributed by atoms with E-state index in [2.05, 4.69) is 6.92 Å². The molecular weight excluding hydrogens is 434 g/mol. The second kappa shape index (κ2) is 8.70. The third-order valence-corrected chi connectivity index (χ3v) is 6.46. The van der Waals surface area contributed by atoms with Gasteiger partial charge in [-0.2, -0.15) is 5.01 Å². The first-order valence-corrected chi connectivity index (χ1v) is 10.8. The number of imide groups is 1. The highest BCUT2D eigenvalue weighted by Gasteiger charge is 2.52. The molecule has 0 unspecified atom stereocenters. The monoisotopic (exact) mass is 455 g/mol. The second-order valence-electron chi connectivity index (χ2n) is 8.41. The number of hydrazine groups is 1. The van der Waals surface area contributed by atoms with Gasteiger partial charge in [0.1, 0.15) is 0 Å². The lowest BCUT2D eigenvalue weighted by Gasteiger charge is -2.30. The van der Waals surface area contributed by atoms with Crippen LogP contribution in [0.1, 0.15) is 42.1 Å². The van der Waals surface area contributed by atoms with Crippen molar-refractivity contribution in [3.63, 3.8) is 0 Å². The van der Waals surface area contributed by atoms with Crippen LogP contribution in [0.2, 0.25) is 5.02 Å². The number of hydrogen-bond donors (Lipinski definition) is 0. The van der Waals surface area contributed by atoms with Crippen molar-refractivity contribution in [2.45, 2.75) is 32.7 Å². The summed E-state index contributed by atoms with van der Waals surface area (Å²) in [7, 11) is 0. The smallest absolute Gasteiger partial charge is 0.272 e. The second-order valence-corrected chi connectivity index (χ2v) is 8.85. The minimum atomic E-state index is -0.580. The highest BCUT2D eigenvalue weighted by molar-refractivity contribution is 6.30. The van der Waals surface area contributed by atoms with Gasteiger partial charge in [0.05, 0.1) is 23.3 Å². The van der Waals surface area contributed by atoms with E-state index in [1.165, 1.54) is 24.3 Å². The van der Waals surface area contributed by atoms with Crippen LogP contribution in [-0.2, 0) is 16.1 Å². The van der Waals surface area contributed by atoms with Crippen LogP contribution >= 0.6 is 11.6 Å². The van der Waals surface area contributed by atoms with E-state index < -0.39 is 22.7 Å². The van der Waals surface area contributed by atoms with Crippen molar-refractivity contribution >= 4 is 35.0 Å². The van der Waals surface area contributed by atoms with Crippen molar-refractivity contribution in [2.75, 3.05) is 0 Å². The third kappa shape index (κ3) is 4.10. The van der Waals surface area contributed by atoms with Gasteiger partial charge in [-0.15, -0.1) is 0 Å². The van der Waals surface area contributed by atoms with Crippen molar-refractivity contribution < 1.29 is 19.3 Å². The number of non-ortho nitro benzene ring substituents is 1. The van der Waals surface area contributed by atoms with Crippen LogP contribution in [-0.4, -0.2) is 32.7 Å². The van der Waals surface area contributed by atoms with Crippen molar-refractivity contribution in [3.8, 4) is 0 Å². The molecule has 9 heteroatoms. The fourth-order valence-corrected chi connectivity index (χ4v) is 4.61. The number of carbonyl (C=O) groups excluding carboxylic acids is 3. The van der Waals surface area contributed by atoms with Gasteiger partial charge >= 0.3 is 0 Å². The molecule has 0 aromatic heterocycles. The summed E-state index contributed by atoms with van der Waals surface area (Å²) in [6.07, 6.45) is 2.10. The fourth-order valence-electron chi connectivity index (χ4n) is 4.48. The maximum Gasteiger partial charge on any atom is 0.273 e. The van der Waals surface area contributed by atoms with Crippen molar-refractivity contribution in [1.82, 2.24) is 10.0 Å². The molecule has 4 rings (SSSR count). The van der Waals surface area contributed by atoms with Gasteiger partial charge in [0.15, 0.2) is 0 Å². The van der Waals surface area contributed by atoms with E-state index in [0.29, 0.717) is 29.3 Å². The molecule has 3 amide bonds. The Bertz CT molecular complexity index is 1070. The van der Waals surface area contributed by atoms with E-state index in [1.807, 2.05) is 0 Å². The molecule has 2 aliphatic rings. The summed E-state index contributed by atoms with van der Waals surface area (Å²) in [4.78, 5) is 50.3. The standard InChI is InChI=1S/C23H22ClN3O5/c1-14-2-11-19-20(12-14)23(30)26(22(19)29)25(13-15-3-7-17(24)8-4-15)21(28)16-5-9-18(10-6-16)27(31)32/h3-10,14,19-20H,2,11-13H2,1H3/t14-,19+,20-/m1/s1. The molecule has 2 aromatic carbocycles. The summed E-state index contributed by atoms with van der Waals surface area (Å²) in [5.74, 6) is -1.82. The molecule has 0 radical (unpaired) electrons. The topological polar surface area (TPSA) is 101 Å². The molecule has 2 aromatic rings. The maximum atomic E-state index is 13.4. The van der Waals surface area contributed by atoms with Crippen LogP contribution in [0.3, 0.4) is 0 Å². The summed E-state index contributed by atoms with van der Waals surface area (Å²) in [5, 5.41) is 13.6. The Labute approximate surface area is 189 Å². The first kappa shape index (κ1) is 22.0. The summed E-state index contributed by atoms with van der Waals surface area (Å²) in [6, 6.07) is 11.9. The Hall–Kier alpha value is -3.26. The van der Waals surface area contributed by atoms with Crippen molar-refractivity contribution in [2.24, 2.45) is 17.8 Å². The van der Waals surface area contributed by atoms with Gasteiger partial charge in [-0.05, 0) is 55.0 Å². The highest BCUT2D eigenvalue weighted by Crippen LogP contribution is 2.41. The SMILES string of the molecule is C[C@@H]1CC[C@@H]2C(=O)N(N(Cc3ccc(Cl)cc3)C(=O)c3ccc([N+](=O)[O-])cc3)C(=O)[C@@H]2C1. The molecule has 1 aliphatic carbocycles. The predicted molar refractivity (Wildman–Crippen MR) is 116 cm³/mol. The number of amides is 3. The average Bonchev–Trinajstić information content (AvgIpc) is 3.02. The molecule has 1 aliphatic heterocycles. The van der Waals surface area contributed by atoms with Crippen LogP contribution in [0.4, 0.5) is 5.69 Å². The first-order chi connectivity index (χ1) is 15.3. The molecule has 0 spiro atoms. The zero-order valence-electron chi connectivity index (χ0n) is 17.4. The Balaban J connectivity index is 1.69. The van der Waals surface area contributed by atoms with Gasteiger partial charge in [0, 0.05) is 22.7 Å². The summed E-state index contributed by atoms with van der Waals surface area (Å²) in [5.41, 5.74) is 0.682. The van der Waals surface area contributed by atoms with E-state index in [9.17, 15) is 24.5 Å². The number of benzene rings is 2. The predicted octanol–water partition coefficient (Wildman–Crippen LogP) is 4.23. The van der Waals surface area contributed by atoms with Crippen molar-refractivity contribution in [3.05, 3.63) is 74.8 Å². The highest BCUT2D eigenvalue weighted by atomic mass is 35.5. The van der Waals surface area contributed by atoms with E-state index >= 15 is 0 Å².